The van der Waals surface area contributed by atoms with E-state index in [-0.39, 0.29) is 0 Å². The SMILES string of the molecule is O=C(Cn1cc(C(F)(F)F)cc(Cl)c1=O)N[C@@H](Cn1cccn1)c1ccccc1. The molecule has 2 heterocycles. The van der Waals surface area contributed by atoms with Crippen LogP contribution in [0.1, 0.15) is 17.2 Å². The van der Waals surface area contributed by atoms with Crippen molar-refractivity contribution in [2.24, 2.45) is 0 Å². The number of alkyl halides is 3. The second-order valence-electron chi connectivity index (χ2n) is 6.27. The first kappa shape index (κ1) is 20.7. The van der Waals surface area contributed by atoms with Gasteiger partial charge in [0.05, 0.1) is 18.2 Å². The summed E-state index contributed by atoms with van der Waals surface area (Å²) in [4.78, 5) is 24.6. The molecule has 0 spiro atoms. The van der Waals surface area contributed by atoms with Crippen LogP contribution in [0.5, 0.6) is 0 Å². The number of hydrogen-bond acceptors (Lipinski definition) is 3. The van der Waals surface area contributed by atoms with E-state index in [1.165, 1.54) is 0 Å². The van der Waals surface area contributed by atoms with Gasteiger partial charge in [0.1, 0.15) is 11.6 Å². The Hall–Kier alpha value is -3.07. The maximum absolute atomic E-state index is 13.0. The van der Waals surface area contributed by atoms with Crippen LogP contribution >= 0.6 is 11.6 Å². The summed E-state index contributed by atoms with van der Waals surface area (Å²) >= 11 is 5.63. The smallest absolute Gasteiger partial charge is 0.346 e. The van der Waals surface area contributed by atoms with Crippen molar-refractivity contribution in [3.05, 3.63) is 87.6 Å². The molecule has 0 fully saturated rings. The molecule has 0 unspecified atom stereocenters. The van der Waals surface area contributed by atoms with Crippen LogP contribution in [0.3, 0.4) is 0 Å². The molecule has 0 bridgehead atoms. The highest BCUT2D eigenvalue weighted by Crippen LogP contribution is 2.29. The van der Waals surface area contributed by atoms with Crippen molar-refractivity contribution >= 4 is 17.5 Å². The van der Waals surface area contributed by atoms with Gasteiger partial charge in [-0.05, 0) is 17.7 Å². The number of aromatic nitrogens is 3. The molecule has 3 rings (SSSR count). The monoisotopic (exact) mass is 424 g/mol. The summed E-state index contributed by atoms with van der Waals surface area (Å²) in [6.07, 6.45) is -0.797. The molecule has 0 saturated heterocycles. The molecule has 0 aliphatic heterocycles. The van der Waals surface area contributed by atoms with Crippen LogP contribution in [0, 0.1) is 0 Å². The Morgan fingerprint density at radius 3 is 2.55 bits per heavy atom. The summed E-state index contributed by atoms with van der Waals surface area (Å²) in [5.74, 6) is -0.636. The highest BCUT2D eigenvalue weighted by Gasteiger charge is 2.32. The number of halogens is 4. The fourth-order valence-electron chi connectivity index (χ4n) is 2.78. The van der Waals surface area contributed by atoms with Crippen molar-refractivity contribution in [1.82, 2.24) is 19.7 Å². The first-order valence-corrected chi connectivity index (χ1v) is 8.91. The zero-order valence-electron chi connectivity index (χ0n) is 14.9. The number of nitrogens with one attached hydrogen (secondary N) is 1. The van der Waals surface area contributed by atoms with Crippen LogP contribution in [0.2, 0.25) is 5.02 Å². The molecule has 0 aliphatic rings. The zero-order valence-corrected chi connectivity index (χ0v) is 15.7. The number of carbonyl (C=O) groups excluding carboxylic acids is 1. The number of rotatable bonds is 6. The second kappa shape index (κ2) is 8.52. The van der Waals surface area contributed by atoms with Crippen LogP contribution < -0.4 is 10.9 Å². The van der Waals surface area contributed by atoms with E-state index in [2.05, 4.69) is 10.4 Å². The van der Waals surface area contributed by atoms with E-state index >= 15 is 0 Å². The molecule has 1 N–H and O–H groups in total. The van der Waals surface area contributed by atoms with Gasteiger partial charge in [0.25, 0.3) is 5.56 Å². The summed E-state index contributed by atoms with van der Waals surface area (Å²) in [5.41, 5.74) is -1.20. The number of benzene rings is 1. The molecule has 1 amide bonds. The lowest BCUT2D eigenvalue weighted by atomic mass is 10.1. The van der Waals surface area contributed by atoms with Gasteiger partial charge in [-0.25, -0.2) is 0 Å². The molecule has 152 valence electrons. The molecule has 2 aromatic heterocycles. The summed E-state index contributed by atoms with van der Waals surface area (Å²) in [6.45, 7) is -0.300. The van der Waals surface area contributed by atoms with Crippen molar-refractivity contribution in [2.45, 2.75) is 25.3 Å². The Labute approximate surface area is 168 Å². The molecular weight excluding hydrogens is 409 g/mol. The predicted octanol–water partition coefficient (Wildman–Crippen LogP) is 3.27. The van der Waals surface area contributed by atoms with Gasteiger partial charge in [-0.2, -0.15) is 18.3 Å². The average molecular weight is 425 g/mol. The quantitative estimate of drug-likeness (QED) is 0.660. The summed E-state index contributed by atoms with van der Waals surface area (Å²) in [6, 6.07) is 10.8. The molecule has 1 atom stereocenters. The molecule has 3 aromatic rings. The first-order valence-electron chi connectivity index (χ1n) is 8.53. The summed E-state index contributed by atoms with van der Waals surface area (Å²) in [5, 5.41) is 6.24. The lowest BCUT2D eigenvalue weighted by molar-refractivity contribution is -0.138. The molecule has 6 nitrogen and oxygen atoms in total. The average Bonchev–Trinajstić information content (AvgIpc) is 3.18. The molecular formula is C19H16ClF3N4O2. The highest BCUT2D eigenvalue weighted by molar-refractivity contribution is 6.30. The Morgan fingerprint density at radius 1 is 1.21 bits per heavy atom. The molecule has 1 aromatic carbocycles. The van der Waals surface area contributed by atoms with Gasteiger partial charge in [0, 0.05) is 18.6 Å². The van der Waals surface area contributed by atoms with E-state index in [4.69, 9.17) is 11.6 Å². The first-order chi connectivity index (χ1) is 13.7. The Kier molecular flexibility index (Phi) is 6.07. The van der Waals surface area contributed by atoms with Crippen LogP contribution in [0.25, 0.3) is 0 Å². The maximum atomic E-state index is 13.0. The van der Waals surface area contributed by atoms with Crippen molar-refractivity contribution < 1.29 is 18.0 Å². The molecule has 10 heteroatoms. The number of nitrogens with zero attached hydrogens (tertiary/aromatic N) is 3. The normalized spacial score (nSPS) is 12.6. The van der Waals surface area contributed by atoms with Crippen molar-refractivity contribution in [3.63, 3.8) is 0 Å². The number of carbonyl (C=O) groups is 1. The second-order valence-corrected chi connectivity index (χ2v) is 6.67. The lowest BCUT2D eigenvalue weighted by Crippen LogP contribution is -2.36. The fourth-order valence-corrected chi connectivity index (χ4v) is 3.01. The third kappa shape index (κ3) is 5.26. The topological polar surface area (TPSA) is 68.9 Å². The summed E-state index contributed by atoms with van der Waals surface area (Å²) < 4.78 is 41.2. The van der Waals surface area contributed by atoms with Crippen LogP contribution in [-0.2, 0) is 24.1 Å². The van der Waals surface area contributed by atoms with E-state index in [1.54, 1.807) is 35.3 Å². The van der Waals surface area contributed by atoms with Crippen molar-refractivity contribution in [1.29, 1.82) is 0 Å². The third-order valence-electron chi connectivity index (χ3n) is 4.15. The van der Waals surface area contributed by atoms with Gasteiger partial charge < -0.3 is 9.88 Å². The van der Waals surface area contributed by atoms with E-state index in [1.807, 2.05) is 18.2 Å². The zero-order chi connectivity index (χ0) is 21.0. The van der Waals surface area contributed by atoms with E-state index in [0.717, 1.165) is 5.56 Å². The Bertz CT molecular complexity index is 1030. The van der Waals surface area contributed by atoms with Crippen LogP contribution in [-0.4, -0.2) is 20.3 Å². The van der Waals surface area contributed by atoms with Gasteiger partial charge in [-0.1, -0.05) is 41.9 Å². The molecule has 0 radical (unpaired) electrons. The molecule has 29 heavy (non-hydrogen) atoms. The van der Waals surface area contributed by atoms with E-state index in [9.17, 15) is 22.8 Å². The van der Waals surface area contributed by atoms with Crippen LogP contribution in [0.15, 0.2) is 65.8 Å². The molecule has 0 aliphatic carbocycles. The number of amides is 1. The minimum Gasteiger partial charge on any atom is -0.346 e. The standard InChI is InChI=1S/C19H16ClF3N4O2/c20-15-9-14(19(21,22)23)10-26(18(15)29)12-17(28)25-16(11-27-8-4-7-24-27)13-5-2-1-3-6-13/h1-10,16H,11-12H2,(H,25,28)/t16-/m0/s1. The van der Waals surface area contributed by atoms with Crippen LogP contribution in [0.4, 0.5) is 13.2 Å². The van der Waals surface area contributed by atoms with Gasteiger partial charge in [0.15, 0.2) is 0 Å². The summed E-state index contributed by atoms with van der Waals surface area (Å²) in [7, 11) is 0. The Morgan fingerprint density at radius 2 is 1.93 bits per heavy atom. The lowest BCUT2D eigenvalue weighted by Gasteiger charge is -2.20. The number of pyridine rings is 1. The van der Waals surface area contributed by atoms with E-state index < -0.39 is 40.8 Å². The third-order valence-corrected chi connectivity index (χ3v) is 4.42. The van der Waals surface area contributed by atoms with Crippen molar-refractivity contribution in [3.8, 4) is 0 Å². The number of hydrogen-bond donors (Lipinski definition) is 1. The highest BCUT2D eigenvalue weighted by atomic mass is 35.5. The van der Waals surface area contributed by atoms with Gasteiger partial charge in [-0.15, -0.1) is 0 Å². The predicted molar refractivity (Wildman–Crippen MR) is 100 cm³/mol. The van der Waals surface area contributed by atoms with Gasteiger partial charge in [0.2, 0.25) is 5.91 Å². The fraction of sp³-hybridized carbons (Fsp3) is 0.211. The minimum atomic E-state index is -4.69. The van der Waals surface area contributed by atoms with Gasteiger partial charge in [-0.3, -0.25) is 14.3 Å². The minimum absolute atomic E-state index is 0.307. The van der Waals surface area contributed by atoms with Crippen molar-refractivity contribution in [2.75, 3.05) is 0 Å². The maximum Gasteiger partial charge on any atom is 0.417 e. The molecule has 0 saturated carbocycles. The largest absolute Gasteiger partial charge is 0.417 e. The van der Waals surface area contributed by atoms with Gasteiger partial charge >= 0.3 is 6.18 Å². The Balaban J connectivity index is 1.82. The van der Waals surface area contributed by atoms with E-state index in [0.29, 0.717) is 23.4 Å².